The van der Waals surface area contributed by atoms with Crippen LogP contribution in [0, 0.1) is 0 Å². The second-order valence-electron chi connectivity index (χ2n) is 6.85. The molecule has 1 aliphatic heterocycles. The Balaban J connectivity index is 1.50. The number of para-hydroxylation sites is 1. The van der Waals surface area contributed by atoms with Gasteiger partial charge < -0.3 is 15.5 Å². The second-order valence-corrected chi connectivity index (χ2v) is 7.83. The minimum Gasteiger partial charge on any atom is -0.356 e. The predicted molar refractivity (Wildman–Crippen MR) is 110 cm³/mol. The predicted octanol–water partition coefficient (Wildman–Crippen LogP) is 2.80. The van der Waals surface area contributed by atoms with Crippen molar-refractivity contribution < 1.29 is 14.4 Å². The fourth-order valence-electron chi connectivity index (χ4n) is 3.45. The molecule has 1 aliphatic rings. The van der Waals surface area contributed by atoms with Crippen LogP contribution in [0.3, 0.4) is 0 Å². The summed E-state index contributed by atoms with van der Waals surface area (Å²) in [7, 11) is 0. The molecule has 7 heteroatoms. The monoisotopic (exact) mass is 399 g/mol. The Kier molecular flexibility index (Phi) is 6.81. The molecule has 0 saturated carbocycles. The Bertz CT molecular complexity index is 835. The largest absolute Gasteiger partial charge is 0.356 e. The van der Waals surface area contributed by atoms with E-state index in [0.29, 0.717) is 6.54 Å². The number of fused-ring (bicyclic) bond motifs is 1. The zero-order chi connectivity index (χ0) is 19.9. The summed E-state index contributed by atoms with van der Waals surface area (Å²) in [6.07, 6.45) is 2.35. The first-order chi connectivity index (χ1) is 13.5. The summed E-state index contributed by atoms with van der Waals surface area (Å²) in [5.74, 6) is -0.340. The van der Waals surface area contributed by atoms with Gasteiger partial charge in [0.2, 0.25) is 17.7 Å². The van der Waals surface area contributed by atoms with Crippen LogP contribution in [-0.4, -0.2) is 30.8 Å². The zero-order valence-corrected chi connectivity index (χ0v) is 16.8. The fourth-order valence-corrected chi connectivity index (χ4v) is 4.23. The van der Waals surface area contributed by atoms with Crippen molar-refractivity contribution in [2.75, 3.05) is 18.0 Å². The summed E-state index contributed by atoms with van der Waals surface area (Å²) in [6, 6.07) is 11.4. The summed E-state index contributed by atoms with van der Waals surface area (Å²) in [5, 5.41) is 7.53. The summed E-state index contributed by atoms with van der Waals surface area (Å²) in [4.78, 5) is 39.1. The van der Waals surface area contributed by atoms with E-state index in [1.807, 2.05) is 40.6 Å². The highest BCUT2D eigenvalue weighted by Crippen LogP contribution is 2.27. The number of thiophene rings is 1. The van der Waals surface area contributed by atoms with Crippen molar-refractivity contribution in [2.24, 2.45) is 0 Å². The van der Waals surface area contributed by atoms with Gasteiger partial charge in [-0.1, -0.05) is 24.3 Å². The molecule has 0 unspecified atom stereocenters. The van der Waals surface area contributed by atoms with E-state index >= 15 is 0 Å². The number of aryl methyl sites for hydroxylation is 1. The fraction of sp³-hybridized carbons (Fsp3) is 0.381. The van der Waals surface area contributed by atoms with Gasteiger partial charge in [0.1, 0.15) is 0 Å². The van der Waals surface area contributed by atoms with E-state index in [2.05, 4.69) is 16.7 Å². The molecule has 1 atom stereocenters. The van der Waals surface area contributed by atoms with E-state index < -0.39 is 0 Å². The van der Waals surface area contributed by atoms with Gasteiger partial charge in [0.25, 0.3) is 0 Å². The lowest BCUT2D eigenvalue weighted by atomic mass is 10.0. The van der Waals surface area contributed by atoms with E-state index in [4.69, 9.17) is 0 Å². The SMILES string of the molecule is CC(=O)N[C@H](CC(=O)NCCC(=O)N1CCCc2ccccc21)c1cccs1. The van der Waals surface area contributed by atoms with E-state index in [1.54, 1.807) is 0 Å². The average Bonchev–Trinajstić information content (AvgIpc) is 3.21. The lowest BCUT2D eigenvalue weighted by Gasteiger charge is -2.29. The van der Waals surface area contributed by atoms with Crippen molar-refractivity contribution in [3.05, 3.63) is 52.2 Å². The van der Waals surface area contributed by atoms with Crippen molar-refractivity contribution in [3.63, 3.8) is 0 Å². The highest BCUT2D eigenvalue weighted by Gasteiger charge is 2.22. The first-order valence-corrected chi connectivity index (χ1v) is 10.4. The van der Waals surface area contributed by atoms with Gasteiger partial charge in [0.05, 0.1) is 12.5 Å². The third-order valence-corrected chi connectivity index (χ3v) is 5.71. The normalized spacial score (nSPS) is 14.1. The van der Waals surface area contributed by atoms with Gasteiger partial charge in [-0.2, -0.15) is 0 Å². The number of amides is 3. The number of anilines is 1. The number of carbonyl (C=O) groups is 3. The van der Waals surface area contributed by atoms with Crippen LogP contribution in [0.2, 0.25) is 0 Å². The Labute approximate surface area is 168 Å². The van der Waals surface area contributed by atoms with Gasteiger partial charge in [0, 0.05) is 37.0 Å². The van der Waals surface area contributed by atoms with Crippen LogP contribution in [0.15, 0.2) is 41.8 Å². The number of hydrogen-bond acceptors (Lipinski definition) is 4. The molecule has 3 rings (SSSR count). The molecule has 0 spiro atoms. The van der Waals surface area contributed by atoms with E-state index in [-0.39, 0.29) is 43.1 Å². The molecule has 6 nitrogen and oxygen atoms in total. The number of carbonyl (C=O) groups excluding carboxylic acids is 3. The van der Waals surface area contributed by atoms with Crippen molar-refractivity contribution >= 4 is 34.7 Å². The summed E-state index contributed by atoms with van der Waals surface area (Å²) in [6.45, 7) is 2.44. The maximum Gasteiger partial charge on any atom is 0.228 e. The Morgan fingerprint density at radius 1 is 1.18 bits per heavy atom. The summed E-state index contributed by atoms with van der Waals surface area (Å²) < 4.78 is 0. The van der Waals surface area contributed by atoms with E-state index in [1.165, 1.54) is 23.8 Å². The summed E-state index contributed by atoms with van der Waals surface area (Å²) >= 11 is 1.50. The lowest BCUT2D eigenvalue weighted by molar-refractivity contribution is -0.122. The molecule has 3 amide bonds. The van der Waals surface area contributed by atoms with Gasteiger partial charge in [-0.05, 0) is 35.9 Å². The molecular formula is C21H25N3O3S. The van der Waals surface area contributed by atoms with Crippen LogP contribution in [0.25, 0.3) is 0 Å². The summed E-state index contributed by atoms with van der Waals surface area (Å²) in [5.41, 5.74) is 2.17. The molecule has 0 aliphatic carbocycles. The minimum absolute atomic E-state index is 0.0177. The van der Waals surface area contributed by atoms with Gasteiger partial charge in [-0.3, -0.25) is 14.4 Å². The van der Waals surface area contributed by atoms with Crippen LogP contribution in [0.1, 0.15) is 42.7 Å². The van der Waals surface area contributed by atoms with Crippen molar-refractivity contribution in [1.82, 2.24) is 10.6 Å². The molecule has 2 heterocycles. The van der Waals surface area contributed by atoms with Gasteiger partial charge in [-0.15, -0.1) is 11.3 Å². The van der Waals surface area contributed by atoms with E-state index in [9.17, 15) is 14.4 Å². The maximum atomic E-state index is 12.6. The molecule has 148 valence electrons. The third kappa shape index (κ3) is 5.19. The van der Waals surface area contributed by atoms with Crippen LogP contribution < -0.4 is 15.5 Å². The lowest BCUT2D eigenvalue weighted by Crippen LogP contribution is -2.38. The molecule has 2 aromatic rings. The second kappa shape index (κ2) is 9.50. The number of rotatable bonds is 7. The number of nitrogens with one attached hydrogen (secondary N) is 2. The van der Waals surface area contributed by atoms with Crippen molar-refractivity contribution in [3.8, 4) is 0 Å². The highest BCUT2D eigenvalue weighted by atomic mass is 32.1. The Morgan fingerprint density at radius 2 is 2.00 bits per heavy atom. The van der Waals surface area contributed by atoms with Gasteiger partial charge >= 0.3 is 0 Å². The maximum absolute atomic E-state index is 12.6. The zero-order valence-electron chi connectivity index (χ0n) is 15.9. The molecular weight excluding hydrogens is 374 g/mol. The minimum atomic E-state index is -0.345. The number of hydrogen-bond donors (Lipinski definition) is 2. The van der Waals surface area contributed by atoms with E-state index in [0.717, 1.165) is 23.4 Å². The molecule has 1 aromatic heterocycles. The molecule has 1 aromatic carbocycles. The van der Waals surface area contributed by atoms with Crippen molar-refractivity contribution in [1.29, 1.82) is 0 Å². The van der Waals surface area contributed by atoms with Crippen LogP contribution in [0.4, 0.5) is 5.69 Å². The molecule has 0 saturated heterocycles. The van der Waals surface area contributed by atoms with Crippen LogP contribution >= 0.6 is 11.3 Å². The molecule has 28 heavy (non-hydrogen) atoms. The standard InChI is InChI=1S/C21H25N3O3S/c1-15(25)23-17(19-9-5-13-28-19)14-20(26)22-11-10-21(27)24-12-4-7-16-6-2-3-8-18(16)24/h2-3,5-6,8-9,13,17H,4,7,10-12,14H2,1H3,(H,22,26)(H,23,25)/t17-/m1/s1. The third-order valence-electron chi connectivity index (χ3n) is 4.73. The molecule has 0 bridgehead atoms. The van der Waals surface area contributed by atoms with Crippen molar-refractivity contribution in [2.45, 2.75) is 38.6 Å². The van der Waals surface area contributed by atoms with Gasteiger partial charge in [-0.25, -0.2) is 0 Å². The first-order valence-electron chi connectivity index (χ1n) is 9.50. The smallest absolute Gasteiger partial charge is 0.228 e. The number of benzene rings is 1. The van der Waals surface area contributed by atoms with Crippen LogP contribution in [0.5, 0.6) is 0 Å². The average molecular weight is 400 g/mol. The molecule has 0 radical (unpaired) electrons. The molecule has 2 N–H and O–H groups in total. The highest BCUT2D eigenvalue weighted by molar-refractivity contribution is 7.10. The number of nitrogens with zero attached hydrogens (tertiary/aromatic N) is 1. The topological polar surface area (TPSA) is 78.5 Å². The van der Waals surface area contributed by atoms with Crippen LogP contribution in [-0.2, 0) is 20.8 Å². The quantitative estimate of drug-likeness (QED) is 0.751. The van der Waals surface area contributed by atoms with Gasteiger partial charge in [0.15, 0.2) is 0 Å². The Hall–Kier alpha value is -2.67. The molecule has 0 fully saturated rings. The first kappa shape index (κ1) is 20.1. The Morgan fingerprint density at radius 3 is 2.75 bits per heavy atom.